The fourth-order valence-electron chi connectivity index (χ4n) is 3.74. The number of carbonyl (C=O) groups is 1. The SMILES string of the molecule is COc1cc(Cl)ccc1-c1nc(C)c(COC(=O)Nc2ccc3c(c2)nc2n3CCOC2)s1. The van der Waals surface area contributed by atoms with Crippen LogP contribution in [0.1, 0.15) is 16.4 Å². The Morgan fingerprint density at radius 1 is 1.27 bits per heavy atom. The molecule has 170 valence electrons. The molecule has 2 aromatic carbocycles. The van der Waals surface area contributed by atoms with Crippen LogP contribution in [0.3, 0.4) is 0 Å². The van der Waals surface area contributed by atoms with Gasteiger partial charge in [0.2, 0.25) is 0 Å². The van der Waals surface area contributed by atoms with E-state index in [9.17, 15) is 4.79 Å². The van der Waals surface area contributed by atoms with Crippen LogP contribution in [0.4, 0.5) is 10.5 Å². The first-order valence-electron chi connectivity index (χ1n) is 10.3. The number of amides is 1. The molecule has 1 aliphatic heterocycles. The van der Waals surface area contributed by atoms with Gasteiger partial charge in [0.25, 0.3) is 0 Å². The maximum atomic E-state index is 12.4. The van der Waals surface area contributed by atoms with Crippen LogP contribution in [-0.4, -0.2) is 34.3 Å². The lowest BCUT2D eigenvalue weighted by Crippen LogP contribution is -2.16. The van der Waals surface area contributed by atoms with Crippen molar-refractivity contribution in [1.82, 2.24) is 14.5 Å². The van der Waals surface area contributed by atoms with Crippen LogP contribution in [0.5, 0.6) is 5.75 Å². The molecule has 0 saturated carbocycles. The van der Waals surface area contributed by atoms with Gasteiger partial charge in [0.05, 0.1) is 40.9 Å². The van der Waals surface area contributed by atoms with Gasteiger partial charge in [-0.2, -0.15) is 0 Å². The second kappa shape index (κ2) is 9.01. The summed E-state index contributed by atoms with van der Waals surface area (Å²) in [5.41, 5.74) is 4.10. The van der Waals surface area contributed by atoms with E-state index in [2.05, 4.69) is 19.9 Å². The van der Waals surface area contributed by atoms with Crippen molar-refractivity contribution in [2.75, 3.05) is 19.0 Å². The number of imidazole rings is 1. The van der Waals surface area contributed by atoms with Crippen LogP contribution >= 0.6 is 22.9 Å². The van der Waals surface area contributed by atoms with Gasteiger partial charge in [-0.1, -0.05) is 11.6 Å². The van der Waals surface area contributed by atoms with Crippen molar-refractivity contribution in [3.8, 4) is 16.3 Å². The van der Waals surface area contributed by atoms with Crippen LogP contribution in [0.25, 0.3) is 21.6 Å². The smallest absolute Gasteiger partial charge is 0.411 e. The largest absolute Gasteiger partial charge is 0.496 e. The third-order valence-corrected chi connectivity index (χ3v) is 6.78. The molecule has 4 aromatic rings. The van der Waals surface area contributed by atoms with Crippen molar-refractivity contribution in [3.05, 3.63) is 57.8 Å². The second-order valence-electron chi connectivity index (χ2n) is 7.51. The molecule has 10 heteroatoms. The number of aryl methyl sites for hydroxylation is 1. The van der Waals surface area contributed by atoms with Gasteiger partial charge in [-0.25, -0.2) is 14.8 Å². The lowest BCUT2D eigenvalue weighted by atomic mass is 10.2. The molecule has 3 heterocycles. The number of aromatic nitrogens is 3. The summed E-state index contributed by atoms with van der Waals surface area (Å²) in [6, 6.07) is 11.0. The number of carbonyl (C=O) groups excluding carboxylic acids is 1. The molecule has 1 amide bonds. The maximum Gasteiger partial charge on any atom is 0.411 e. The molecule has 33 heavy (non-hydrogen) atoms. The minimum atomic E-state index is -0.542. The number of nitrogens with one attached hydrogen (secondary N) is 1. The number of ether oxygens (including phenoxy) is 3. The number of benzene rings is 2. The van der Waals surface area contributed by atoms with Crippen LogP contribution in [0.2, 0.25) is 5.02 Å². The van der Waals surface area contributed by atoms with Crippen molar-refractivity contribution >= 4 is 45.8 Å². The first-order chi connectivity index (χ1) is 16.0. The van der Waals surface area contributed by atoms with E-state index < -0.39 is 6.09 Å². The van der Waals surface area contributed by atoms with Crippen LogP contribution in [0.15, 0.2) is 36.4 Å². The van der Waals surface area contributed by atoms with Crippen molar-refractivity contribution in [2.24, 2.45) is 0 Å². The zero-order valence-corrected chi connectivity index (χ0v) is 19.6. The standard InChI is InChI=1S/C23H21ClN4O4S/c1-13-20(33-22(25-13)16-5-3-14(24)9-19(16)30-2)11-32-23(29)26-15-4-6-18-17(10-15)27-21-12-31-8-7-28(18)21/h3-6,9-10H,7-8,11-12H2,1-2H3,(H,26,29). The number of rotatable bonds is 5. The minimum Gasteiger partial charge on any atom is -0.496 e. The summed E-state index contributed by atoms with van der Waals surface area (Å²) in [4.78, 5) is 22.5. The van der Waals surface area contributed by atoms with E-state index in [4.69, 9.17) is 25.8 Å². The van der Waals surface area contributed by atoms with E-state index in [1.807, 2.05) is 31.2 Å². The summed E-state index contributed by atoms with van der Waals surface area (Å²) in [6.45, 7) is 3.95. The zero-order chi connectivity index (χ0) is 22.9. The van der Waals surface area contributed by atoms with Gasteiger partial charge in [-0.05, 0) is 43.3 Å². The first kappa shape index (κ1) is 21.7. The maximum absolute atomic E-state index is 12.4. The predicted octanol–water partition coefficient (Wildman–Crippen LogP) is 5.41. The summed E-state index contributed by atoms with van der Waals surface area (Å²) in [5, 5.41) is 4.14. The molecule has 1 N–H and O–H groups in total. The number of thiazole rings is 1. The quantitative estimate of drug-likeness (QED) is 0.407. The van der Waals surface area contributed by atoms with Crippen LogP contribution in [0, 0.1) is 6.92 Å². The molecule has 0 aliphatic carbocycles. The predicted molar refractivity (Wildman–Crippen MR) is 127 cm³/mol. The summed E-state index contributed by atoms with van der Waals surface area (Å²) in [7, 11) is 1.59. The van der Waals surface area contributed by atoms with E-state index >= 15 is 0 Å². The van der Waals surface area contributed by atoms with Crippen molar-refractivity contribution in [2.45, 2.75) is 26.7 Å². The molecule has 0 radical (unpaired) electrons. The molecule has 8 nitrogen and oxygen atoms in total. The summed E-state index contributed by atoms with van der Waals surface area (Å²) in [5.74, 6) is 1.54. The average Bonchev–Trinajstić information content (AvgIpc) is 3.37. The Balaban J connectivity index is 1.26. The number of anilines is 1. The molecule has 0 unspecified atom stereocenters. The van der Waals surface area contributed by atoms with Crippen LogP contribution < -0.4 is 10.1 Å². The summed E-state index contributed by atoms with van der Waals surface area (Å²) in [6.07, 6.45) is -0.542. The zero-order valence-electron chi connectivity index (χ0n) is 18.1. The van der Waals surface area contributed by atoms with E-state index in [0.717, 1.165) is 44.5 Å². The first-order valence-corrected chi connectivity index (χ1v) is 11.5. The molecule has 0 atom stereocenters. The molecule has 1 aliphatic rings. The molecular weight excluding hydrogens is 464 g/mol. The highest BCUT2D eigenvalue weighted by Crippen LogP contribution is 2.36. The number of halogens is 1. The van der Waals surface area contributed by atoms with Gasteiger partial charge in [0.15, 0.2) is 0 Å². The van der Waals surface area contributed by atoms with Gasteiger partial charge >= 0.3 is 6.09 Å². The molecule has 2 aromatic heterocycles. The normalized spacial score (nSPS) is 13.1. The molecule has 0 spiro atoms. The Kier molecular flexibility index (Phi) is 5.92. The lowest BCUT2D eigenvalue weighted by molar-refractivity contribution is 0.0830. The Hall–Kier alpha value is -3.14. The second-order valence-corrected chi connectivity index (χ2v) is 9.03. The Labute approximate surface area is 199 Å². The molecule has 0 fully saturated rings. The molecule has 0 saturated heterocycles. The van der Waals surface area contributed by atoms with E-state index in [1.165, 1.54) is 11.3 Å². The number of hydrogen-bond donors (Lipinski definition) is 1. The highest BCUT2D eigenvalue weighted by Gasteiger charge is 2.17. The van der Waals surface area contributed by atoms with Gasteiger partial charge < -0.3 is 18.8 Å². The summed E-state index contributed by atoms with van der Waals surface area (Å²) >= 11 is 7.51. The van der Waals surface area contributed by atoms with Crippen molar-refractivity contribution < 1.29 is 19.0 Å². The van der Waals surface area contributed by atoms with Gasteiger partial charge in [-0.15, -0.1) is 11.3 Å². The molecular formula is C23H21ClN4O4S. The van der Waals surface area contributed by atoms with E-state index in [1.54, 1.807) is 19.2 Å². The fraction of sp³-hybridized carbons (Fsp3) is 0.261. The van der Waals surface area contributed by atoms with Crippen molar-refractivity contribution in [1.29, 1.82) is 0 Å². The molecule has 0 bridgehead atoms. The average molecular weight is 485 g/mol. The number of methoxy groups -OCH3 is 1. The summed E-state index contributed by atoms with van der Waals surface area (Å²) < 4.78 is 18.5. The number of fused-ring (bicyclic) bond motifs is 3. The van der Waals surface area contributed by atoms with Crippen LogP contribution in [-0.2, 0) is 29.2 Å². The van der Waals surface area contributed by atoms with Gasteiger partial charge in [0, 0.05) is 17.3 Å². The molecule has 5 rings (SSSR count). The number of hydrogen-bond acceptors (Lipinski definition) is 7. The Morgan fingerprint density at radius 2 is 2.15 bits per heavy atom. The van der Waals surface area contributed by atoms with Crippen molar-refractivity contribution in [3.63, 3.8) is 0 Å². The monoisotopic (exact) mass is 484 g/mol. The van der Waals surface area contributed by atoms with E-state index in [0.29, 0.717) is 29.7 Å². The minimum absolute atomic E-state index is 0.115. The fourth-order valence-corrected chi connectivity index (χ4v) is 4.91. The number of nitrogens with zero attached hydrogens (tertiary/aromatic N) is 3. The third-order valence-electron chi connectivity index (χ3n) is 5.39. The lowest BCUT2D eigenvalue weighted by Gasteiger charge is -2.14. The van der Waals surface area contributed by atoms with Gasteiger partial charge in [-0.3, -0.25) is 5.32 Å². The third kappa shape index (κ3) is 4.39. The Morgan fingerprint density at radius 3 is 3.00 bits per heavy atom. The van der Waals surface area contributed by atoms with Gasteiger partial charge in [0.1, 0.15) is 29.8 Å². The highest BCUT2D eigenvalue weighted by atomic mass is 35.5. The Bertz CT molecular complexity index is 1350. The van der Waals surface area contributed by atoms with E-state index in [-0.39, 0.29) is 6.61 Å². The highest BCUT2D eigenvalue weighted by molar-refractivity contribution is 7.15. The topological polar surface area (TPSA) is 87.5 Å².